The van der Waals surface area contributed by atoms with Crippen LogP contribution < -0.4 is 15.4 Å². The van der Waals surface area contributed by atoms with Crippen molar-refractivity contribution in [2.75, 3.05) is 38.6 Å². The maximum atomic E-state index is 12.7. The van der Waals surface area contributed by atoms with Crippen molar-refractivity contribution in [3.63, 3.8) is 0 Å². The van der Waals surface area contributed by atoms with E-state index < -0.39 is 0 Å². The van der Waals surface area contributed by atoms with E-state index in [1.54, 1.807) is 28.0 Å². The summed E-state index contributed by atoms with van der Waals surface area (Å²) in [5.41, 5.74) is 0.926. The molecule has 1 saturated heterocycles. The van der Waals surface area contributed by atoms with Crippen molar-refractivity contribution in [3.8, 4) is 5.75 Å². The van der Waals surface area contributed by atoms with Gasteiger partial charge in [0, 0.05) is 44.7 Å². The fraction of sp³-hybridized carbons (Fsp3) is 0.500. The quantitative estimate of drug-likeness (QED) is 0.850. The second-order valence-electron chi connectivity index (χ2n) is 6.48. The van der Waals surface area contributed by atoms with Crippen LogP contribution in [0.15, 0.2) is 18.2 Å². The third-order valence-corrected chi connectivity index (χ3v) is 4.02. The number of carbonyl (C=O) groups excluding carboxylic acids is 3. The fourth-order valence-corrected chi connectivity index (χ4v) is 2.76. The fourth-order valence-electron chi connectivity index (χ4n) is 2.76. The lowest BCUT2D eigenvalue weighted by Crippen LogP contribution is -2.54. The molecule has 0 bridgehead atoms. The lowest BCUT2D eigenvalue weighted by Gasteiger charge is -2.35. The number of methoxy groups -OCH3 is 1. The SMILES string of the molecule is COc1ccc(C(=O)N2CCN(C(=O)NC(C)C)CC2)cc1NC(C)=O. The molecule has 0 spiro atoms. The predicted octanol–water partition coefficient (Wildman–Crippen LogP) is 1.53. The molecule has 2 rings (SSSR count). The summed E-state index contributed by atoms with van der Waals surface area (Å²) in [5.74, 6) is 0.118. The average molecular weight is 362 g/mol. The first-order chi connectivity index (χ1) is 12.3. The molecular formula is C18H26N4O4. The number of carbonyl (C=O) groups is 3. The highest BCUT2D eigenvalue weighted by Crippen LogP contribution is 2.26. The average Bonchev–Trinajstić information content (AvgIpc) is 2.60. The lowest BCUT2D eigenvalue weighted by molar-refractivity contribution is -0.114. The summed E-state index contributed by atoms with van der Waals surface area (Å²) in [4.78, 5) is 39.5. The van der Waals surface area contributed by atoms with Crippen molar-refractivity contribution < 1.29 is 19.1 Å². The molecule has 0 aromatic heterocycles. The first-order valence-corrected chi connectivity index (χ1v) is 8.62. The molecule has 1 aromatic rings. The zero-order valence-electron chi connectivity index (χ0n) is 15.7. The molecule has 4 amide bonds. The van der Waals surface area contributed by atoms with Crippen molar-refractivity contribution in [2.24, 2.45) is 0 Å². The molecule has 1 aliphatic heterocycles. The zero-order valence-corrected chi connectivity index (χ0v) is 15.7. The number of amides is 4. The van der Waals surface area contributed by atoms with Crippen LogP contribution in [-0.4, -0.2) is 67.0 Å². The summed E-state index contributed by atoms with van der Waals surface area (Å²) < 4.78 is 5.21. The van der Waals surface area contributed by atoms with Gasteiger partial charge in [-0.1, -0.05) is 0 Å². The van der Waals surface area contributed by atoms with Crippen LogP contribution in [0.5, 0.6) is 5.75 Å². The summed E-state index contributed by atoms with van der Waals surface area (Å²) in [7, 11) is 1.50. The van der Waals surface area contributed by atoms with Gasteiger partial charge in [0.1, 0.15) is 5.75 Å². The molecule has 0 radical (unpaired) electrons. The minimum atomic E-state index is -0.238. The van der Waals surface area contributed by atoms with Crippen molar-refractivity contribution in [3.05, 3.63) is 23.8 Å². The standard InChI is InChI=1S/C18H26N4O4/c1-12(2)19-18(25)22-9-7-21(8-10-22)17(24)14-5-6-16(26-4)15(11-14)20-13(3)23/h5-6,11-12H,7-10H2,1-4H3,(H,19,25)(H,20,23). The molecule has 1 aromatic carbocycles. The molecule has 0 saturated carbocycles. The summed E-state index contributed by atoms with van der Waals surface area (Å²) in [6, 6.07) is 4.91. The predicted molar refractivity (Wildman–Crippen MR) is 98.4 cm³/mol. The number of urea groups is 1. The number of anilines is 1. The second-order valence-corrected chi connectivity index (χ2v) is 6.48. The molecule has 142 valence electrons. The molecule has 1 fully saturated rings. The Morgan fingerprint density at radius 3 is 2.23 bits per heavy atom. The molecule has 0 unspecified atom stereocenters. The summed E-state index contributed by atoms with van der Waals surface area (Å²) in [6.45, 7) is 7.12. The van der Waals surface area contributed by atoms with Gasteiger partial charge in [0.15, 0.2) is 0 Å². The molecule has 8 nitrogen and oxygen atoms in total. The van der Waals surface area contributed by atoms with Gasteiger partial charge in [-0.25, -0.2) is 4.79 Å². The van der Waals surface area contributed by atoms with Crippen LogP contribution in [0.1, 0.15) is 31.1 Å². The molecule has 8 heteroatoms. The Labute approximate surface area is 153 Å². The second kappa shape index (κ2) is 8.55. The monoisotopic (exact) mass is 362 g/mol. The Bertz CT molecular complexity index is 682. The van der Waals surface area contributed by atoms with Gasteiger partial charge < -0.3 is 25.2 Å². The first kappa shape index (κ1) is 19.6. The van der Waals surface area contributed by atoms with Gasteiger partial charge in [0.2, 0.25) is 5.91 Å². The van der Waals surface area contributed by atoms with Gasteiger partial charge in [0.25, 0.3) is 5.91 Å². The molecule has 0 aliphatic carbocycles. The van der Waals surface area contributed by atoms with Crippen LogP contribution in [0.2, 0.25) is 0 Å². The molecule has 0 atom stereocenters. The Balaban J connectivity index is 2.04. The van der Waals surface area contributed by atoms with Gasteiger partial charge in [-0.15, -0.1) is 0 Å². The topological polar surface area (TPSA) is 91.0 Å². The van der Waals surface area contributed by atoms with Crippen LogP contribution in [-0.2, 0) is 4.79 Å². The minimum Gasteiger partial charge on any atom is -0.495 e. The molecule has 1 heterocycles. The van der Waals surface area contributed by atoms with Crippen molar-refractivity contribution >= 4 is 23.5 Å². The zero-order chi connectivity index (χ0) is 19.3. The summed E-state index contributed by atoms with van der Waals surface area (Å²) in [5, 5.41) is 5.52. The number of rotatable bonds is 4. The van der Waals surface area contributed by atoms with Crippen LogP contribution >= 0.6 is 0 Å². The summed E-state index contributed by atoms with van der Waals surface area (Å²) in [6.07, 6.45) is 0. The van der Waals surface area contributed by atoms with Gasteiger partial charge in [-0.3, -0.25) is 9.59 Å². The smallest absolute Gasteiger partial charge is 0.317 e. The van der Waals surface area contributed by atoms with E-state index in [2.05, 4.69) is 10.6 Å². The van der Waals surface area contributed by atoms with E-state index in [9.17, 15) is 14.4 Å². The number of nitrogens with one attached hydrogen (secondary N) is 2. The van der Waals surface area contributed by atoms with Gasteiger partial charge in [0.05, 0.1) is 12.8 Å². The number of ether oxygens (including phenoxy) is 1. The largest absolute Gasteiger partial charge is 0.495 e. The highest BCUT2D eigenvalue weighted by molar-refractivity contribution is 5.98. The molecule has 1 aliphatic rings. The Kier molecular flexibility index (Phi) is 6.43. The maximum absolute atomic E-state index is 12.7. The normalized spacial score (nSPS) is 14.2. The highest BCUT2D eigenvalue weighted by atomic mass is 16.5. The molecular weight excluding hydrogens is 336 g/mol. The van der Waals surface area contributed by atoms with Crippen molar-refractivity contribution in [1.29, 1.82) is 0 Å². The van der Waals surface area contributed by atoms with Crippen LogP contribution in [0.3, 0.4) is 0 Å². The van der Waals surface area contributed by atoms with Gasteiger partial charge in [-0.05, 0) is 32.0 Å². The van der Waals surface area contributed by atoms with E-state index >= 15 is 0 Å². The van der Waals surface area contributed by atoms with Gasteiger partial charge in [-0.2, -0.15) is 0 Å². The number of nitrogens with zero attached hydrogens (tertiary/aromatic N) is 2. The maximum Gasteiger partial charge on any atom is 0.317 e. The number of hydrogen-bond acceptors (Lipinski definition) is 4. The van der Waals surface area contributed by atoms with E-state index in [1.165, 1.54) is 14.0 Å². The minimum absolute atomic E-state index is 0.0775. The number of hydrogen-bond donors (Lipinski definition) is 2. The van der Waals surface area contributed by atoms with E-state index in [0.717, 1.165) is 0 Å². The lowest BCUT2D eigenvalue weighted by atomic mass is 10.1. The van der Waals surface area contributed by atoms with Crippen molar-refractivity contribution in [1.82, 2.24) is 15.1 Å². The Hall–Kier alpha value is -2.77. The Morgan fingerprint density at radius 1 is 1.08 bits per heavy atom. The third-order valence-electron chi connectivity index (χ3n) is 4.02. The van der Waals surface area contributed by atoms with E-state index in [0.29, 0.717) is 43.2 Å². The van der Waals surface area contributed by atoms with Crippen molar-refractivity contribution in [2.45, 2.75) is 26.8 Å². The first-order valence-electron chi connectivity index (χ1n) is 8.62. The highest BCUT2D eigenvalue weighted by Gasteiger charge is 2.25. The molecule has 2 N–H and O–H groups in total. The van der Waals surface area contributed by atoms with Crippen LogP contribution in [0, 0.1) is 0 Å². The van der Waals surface area contributed by atoms with E-state index in [1.807, 2.05) is 13.8 Å². The molecule has 26 heavy (non-hydrogen) atoms. The number of benzene rings is 1. The van der Waals surface area contributed by atoms with E-state index in [4.69, 9.17) is 4.74 Å². The number of piperazine rings is 1. The van der Waals surface area contributed by atoms with Gasteiger partial charge >= 0.3 is 6.03 Å². The van der Waals surface area contributed by atoms with E-state index in [-0.39, 0.29) is 23.9 Å². The third kappa shape index (κ3) is 4.87. The van der Waals surface area contributed by atoms with Crippen LogP contribution in [0.4, 0.5) is 10.5 Å². The Morgan fingerprint density at radius 2 is 1.69 bits per heavy atom. The van der Waals surface area contributed by atoms with Crippen LogP contribution in [0.25, 0.3) is 0 Å². The summed E-state index contributed by atoms with van der Waals surface area (Å²) >= 11 is 0.